The van der Waals surface area contributed by atoms with Gasteiger partial charge in [0.2, 0.25) is 5.91 Å². The number of anilines is 2. The first-order valence-corrected chi connectivity index (χ1v) is 7.57. The molecule has 4 heteroatoms. The van der Waals surface area contributed by atoms with Crippen molar-refractivity contribution in [3.05, 3.63) is 24.3 Å². The Morgan fingerprint density at radius 1 is 1.45 bits per heavy atom. The van der Waals surface area contributed by atoms with Crippen LogP contribution in [0.3, 0.4) is 0 Å². The van der Waals surface area contributed by atoms with Gasteiger partial charge in [0, 0.05) is 19.7 Å². The highest BCUT2D eigenvalue weighted by molar-refractivity contribution is 5.98. The zero-order valence-electron chi connectivity index (χ0n) is 12.0. The molecule has 2 heterocycles. The number of fused-ring (bicyclic) bond motifs is 1. The van der Waals surface area contributed by atoms with Gasteiger partial charge in [0.15, 0.2) is 0 Å². The van der Waals surface area contributed by atoms with Crippen LogP contribution in [-0.4, -0.2) is 31.7 Å². The summed E-state index contributed by atoms with van der Waals surface area (Å²) >= 11 is 0. The lowest BCUT2D eigenvalue weighted by atomic mass is 9.97. The van der Waals surface area contributed by atoms with Gasteiger partial charge < -0.3 is 15.0 Å². The summed E-state index contributed by atoms with van der Waals surface area (Å²) < 4.78 is 5.68. The van der Waals surface area contributed by atoms with Crippen LogP contribution in [0.5, 0.6) is 0 Å². The third-order valence-corrected chi connectivity index (χ3v) is 4.26. The number of hydrogen-bond donors (Lipinski definition) is 1. The number of nitrogens with zero attached hydrogens (tertiary/aromatic N) is 1. The van der Waals surface area contributed by atoms with E-state index in [4.69, 9.17) is 4.74 Å². The third-order valence-electron chi connectivity index (χ3n) is 4.26. The van der Waals surface area contributed by atoms with Gasteiger partial charge in [0.25, 0.3) is 0 Å². The monoisotopic (exact) mass is 274 g/mol. The second-order valence-electron chi connectivity index (χ2n) is 5.50. The molecule has 2 unspecified atom stereocenters. The molecular formula is C16H22N2O2. The van der Waals surface area contributed by atoms with E-state index < -0.39 is 0 Å². The molecule has 0 radical (unpaired) electrons. The van der Waals surface area contributed by atoms with E-state index in [2.05, 4.69) is 12.2 Å². The molecule has 0 spiro atoms. The first-order chi connectivity index (χ1) is 9.81. The van der Waals surface area contributed by atoms with Crippen LogP contribution in [0.2, 0.25) is 0 Å². The first-order valence-electron chi connectivity index (χ1n) is 7.57. The number of rotatable bonds is 2. The molecule has 2 aliphatic rings. The Bertz CT molecular complexity index is 489. The van der Waals surface area contributed by atoms with E-state index in [0.29, 0.717) is 6.61 Å². The minimum Gasteiger partial charge on any atom is -0.383 e. The van der Waals surface area contributed by atoms with Crippen LogP contribution in [0.1, 0.15) is 26.2 Å². The van der Waals surface area contributed by atoms with Crippen molar-refractivity contribution in [2.75, 3.05) is 29.9 Å². The smallest absolute Gasteiger partial charge is 0.232 e. The average Bonchev–Trinajstić information content (AvgIpc) is 2.86. The fourth-order valence-electron chi connectivity index (χ4n) is 3.20. The van der Waals surface area contributed by atoms with E-state index in [9.17, 15) is 4.79 Å². The van der Waals surface area contributed by atoms with E-state index in [-0.39, 0.29) is 17.9 Å². The van der Waals surface area contributed by atoms with Gasteiger partial charge in [-0.25, -0.2) is 0 Å². The molecule has 1 saturated heterocycles. The van der Waals surface area contributed by atoms with Gasteiger partial charge in [-0.1, -0.05) is 19.1 Å². The summed E-state index contributed by atoms with van der Waals surface area (Å²) in [6.07, 6.45) is 2.82. The molecule has 1 N–H and O–H groups in total. The normalized spacial score (nSPS) is 25.8. The Morgan fingerprint density at radius 2 is 2.30 bits per heavy atom. The lowest BCUT2D eigenvalue weighted by Gasteiger charge is -2.27. The number of nitrogens with one attached hydrogen (secondary N) is 1. The minimum atomic E-state index is 0.0196. The van der Waals surface area contributed by atoms with E-state index in [1.165, 1.54) is 0 Å². The molecule has 1 aromatic rings. The van der Waals surface area contributed by atoms with Gasteiger partial charge in [-0.3, -0.25) is 4.79 Å². The number of benzene rings is 1. The fraction of sp³-hybridized carbons (Fsp3) is 0.562. The van der Waals surface area contributed by atoms with Gasteiger partial charge in [-0.15, -0.1) is 0 Å². The van der Waals surface area contributed by atoms with E-state index in [1.54, 1.807) is 0 Å². The van der Waals surface area contributed by atoms with Crippen LogP contribution >= 0.6 is 0 Å². The van der Waals surface area contributed by atoms with Crippen molar-refractivity contribution in [3.63, 3.8) is 0 Å². The van der Waals surface area contributed by atoms with Gasteiger partial charge in [0.1, 0.15) is 0 Å². The maximum Gasteiger partial charge on any atom is 0.232 e. The average molecular weight is 274 g/mol. The summed E-state index contributed by atoms with van der Waals surface area (Å²) in [5.41, 5.74) is 2.07. The van der Waals surface area contributed by atoms with Crippen LogP contribution in [0.4, 0.5) is 11.4 Å². The summed E-state index contributed by atoms with van der Waals surface area (Å²) in [5, 5.41) is 3.40. The highest BCUT2D eigenvalue weighted by Crippen LogP contribution is 2.32. The predicted octanol–water partition coefficient (Wildman–Crippen LogP) is 2.65. The molecule has 3 rings (SSSR count). The number of ether oxygens (including phenoxy) is 1. The van der Waals surface area contributed by atoms with Crippen LogP contribution < -0.4 is 10.2 Å². The molecule has 1 aromatic carbocycles. The zero-order chi connectivity index (χ0) is 13.9. The second kappa shape index (κ2) is 5.83. The molecule has 0 aromatic heterocycles. The van der Waals surface area contributed by atoms with Crippen molar-refractivity contribution in [2.24, 2.45) is 5.92 Å². The summed E-state index contributed by atoms with van der Waals surface area (Å²) in [7, 11) is 0. The summed E-state index contributed by atoms with van der Waals surface area (Å²) in [5.74, 6) is 0.247. The van der Waals surface area contributed by atoms with Crippen molar-refractivity contribution in [3.8, 4) is 0 Å². The molecule has 0 saturated carbocycles. The maximum atomic E-state index is 12.9. The summed E-state index contributed by atoms with van der Waals surface area (Å²) in [6, 6.07) is 8.08. The SMILES string of the molecule is CCC1OCCC1C(=O)N1CCCNc2ccccc21. The zero-order valence-corrected chi connectivity index (χ0v) is 12.0. The van der Waals surface area contributed by atoms with E-state index >= 15 is 0 Å². The molecule has 1 fully saturated rings. The van der Waals surface area contributed by atoms with Crippen LogP contribution in [0, 0.1) is 5.92 Å². The number of carbonyl (C=O) groups excluding carboxylic acids is 1. The highest BCUT2D eigenvalue weighted by atomic mass is 16.5. The lowest BCUT2D eigenvalue weighted by molar-refractivity contribution is -0.124. The van der Waals surface area contributed by atoms with Crippen molar-refractivity contribution in [1.82, 2.24) is 0 Å². The van der Waals surface area contributed by atoms with Gasteiger partial charge in [-0.2, -0.15) is 0 Å². The Hall–Kier alpha value is -1.55. The van der Waals surface area contributed by atoms with Crippen LogP contribution in [0.25, 0.3) is 0 Å². The fourth-order valence-corrected chi connectivity index (χ4v) is 3.20. The molecule has 1 amide bonds. The lowest BCUT2D eigenvalue weighted by Crippen LogP contribution is -2.39. The predicted molar refractivity (Wildman–Crippen MR) is 80.0 cm³/mol. The number of para-hydroxylation sites is 2. The molecule has 20 heavy (non-hydrogen) atoms. The summed E-state index contributed by atoms with van der Waals surface area (Å²) in [4.78, 5) is 14.9. The maximum absolute atomic E-state index is 12.9. The molecule has 0 bridgehead atoms. The quantitative estimate of drug-likeness (QED) is 0.901. The van der Waals surface area contributed by atoms with Crippen LogP contribution in [-0.2, 0) is 9.53 Å². The summed E-state index contributed by atoms with van der Waals surface area (Å²) in [6.45, 7) is 4.51. The minimum absolute atomic E-state index is 0.0196. The van der Waals surface area contributed by atoms with E-state index in [1.807, 2.05) is 29.2 Å². The van der Waals surface area contributed by atoms with Crippen molar-refractivity contribution < 1.29 is 9.53 Å². The van der Waals surface area contributed by atoms with E-state index in [0.717, 1.165) is 43.7 Å². The number of carbonyl (C=O) groups is 1. The van der Waals surface area contributed by atoms with Crippen LogP contribution in [0.15, 0.2) is 24.3 Å². The molecule has 2 atom stereocenters. The third kappa shape index (κ3) is 2.40. The Kier molecular flexibility index (Phi) is 3.92. The van der Waals surface area contributed by atoms with Crippen molar-refractivity contribution >= 4 is 17.3 Å². The Labute approximate surface area is 120 Å². The first kappa shape index (κ1) is 13.4. The van der Waals surface area contributed by atoms with Gasteiger partial charge >= 0.3 is 0 Å². The topological polar surface area (TPSA) is 41.6 Å². The number of hydrogen-bond acceptors (Lipinski definition) is 3. The van der Waals surface area contributed by atoms with Crippen molar-refractivity contribution in [1.29, 1.82) is 0 Å². The molecule has 0 aliphatic carbocycles. The molecular weight excluding hydrogens is 252 g/mol. The second-order valence-corrected chi connectivity index (χ2v) is 5.50. The van der Waals surface area contributed by atoms with Gasteiger partial charge in [0.05, 0.1) is 23.4 Å². The highest BCUT2D eigenvalue weighted by Gasteiger charge is 2.36. The number of amides is 1. The van der Waals surface area contributed by atoms with Crippen molar-refractivity contribution in [2.45, 2.75) is 32.3 Å². The Morgan fingerprint density at radius 3 is 3.15 bits per heavy atom. The molecule has 108 valence electrons. The van der Waals surface area contributed by atoms with Gasteiger partial charge in [-0.05, 0) is 31.4 Å². The Balaban J connectivity index is 1.87. The molecule has 4 nitrogen and oxygen atoms in total. The molecule has 2 aliphatic heterocycles. The largest absolute Gasteiger partial charge is 0.383 e. The standard InChI is InChI=1S/C16H22N2O2/c1-2-15-12(8-11-20-15)16(19)18-10-5-9-17-13-6-3-4-7-14(13)18/h3-4,6-7,12,15,17H,2,5,8-11H2,1H3.